The average Bonchev–Trinajstić information content (AvgIpc) is 2.88. The van der Waals surface area contributed by atoms with Crippen LogP contribution in [0.2, 0.25) is 0 Å². The number of ether oxygens (including phenoxy) is 1. The molecule has 2 rings (SSSR count). The van der Waals surface area contributed by atoms with Crippen LogP contribution in [-0.2, 0) is 6.54 Å². The Morgan fingerprint density at radius 3 is 2.94 bits per heavy atom. The summed E-state index contributed by atoms with van der Waals surface area (Å²) in [6.45, 7) is 2.29. The van der Waals surface area contributed by atoms with Crippen molar-refractivity contribution >= 4 is 0 Å². The number of benzene rings is 1. The van der Waals surface area contributed by atoms with Gasteiger partial charge >= 0.3 is 0 Å². The van der Waals surface area contributed by atoms with E-state index in [0.717, 1.165) is 0 Å². The molecule has 1 heterocycles. The molecular formula is C11H14FN5O. The number of aromatic amines is 1. The largest absolute Gasteiger partial charge is 0.497 e. The average molecular weight is 251 g/mol. The van der Waals surface area contributed by atoms with Gasteiger partial charge in [-0.3, -0.25) is 0 Å². The van der Waals surface area contributed by atoms with Gasteiger partial charge in [0.15, 0.2) is 5.82 Å². The quantitative estimate of drug-likeness (QED) is 0.835. The first kappa shape index (κ1) is 12.4. The summed E-state index contributed by atoms with van der Waals surface area (Å²) in [5.41, 5.74) is 0.569. The standard InChI is InChI=1S/C11H14FN5O/c1-7(13-6-11-14-16-17-15-11)9-4-3-8(18-2)5-10(9)12/h3-5,7,13H,6H2,1-2H3,(H,14,15,16,17). The molecule has 0 saturated heterocycles. The number of H-pyrrole nitrogens is 1. The molecule has 0 radical (unpaired) electrons. The zero-order valence-corrected chi connectivity index (χ0v) is 10.1. The zero-order chi connectivity index (χ0) is 13.0. The van der Waals surface area contributed by atoms with E-state index < -0.39 is 0 Å². The van der Waals surface area contributed by atoms with E-state index in [4.69, 9.17) is 4.74 Å². The van der Waals surface area contributed by atoms with Crippen LogP contribution in [0.1, 0.15) is 24.4 Å². The van der Waals surface area contributed by atoms with Gasteiger partial charge in [0.25, 0.3) is 0 Å². The number of tetrazole rings is 1. The first-order valence-electron chi connectivity index (χ1n) is 5.50. The van der Waals surface area contributed by atoms with Gasteiger partial charge in [-0.15, -0.1) is 10.2 Å². The number of methoxy groups -OCH3 is 1. The molecule has 0 aliphatic heterocycles. The number of nitrogens with zero attached hydrogens (tertiary/aromatic N) is 3. The zero-order valence-electron chi connectivity index (χ0n) is 10.1. The Labute approximate surface area is 104 Å². The van der Waals surface area contributed by atoms with E-state index in [1.54, 1.807) is 12.1 Å². The molecule has 18 heavy (non-hydrogen) atoms. The molecule has 96 valence electrons. The van der Waals surface area contributed by atoms with Crippen LogP contribution in [0.3, 0.4) is 0 Å². The number of hydrogen-bond acceptors (Lipinski definition) is 5. The van der Waals surface area contributed by atoms with E-state index in [-0.39, 0.29) is 11.9 Å². The molecular weight excluding hydrogens is 237 g/mol. The van der Waals surface area contributed by atoms with Crippen molar-refractivity contribution in [3.8, 4) is 5.75 Å². The van der Waals surface area contributed by atoms with Crippen molar-refractivity contribution in [2.24, 2.45) is 0 Å². The van der Waals surface area contributed by atoms with Crippen molar-refractivity contribution < 1.29 is 9.13 Å². The van der Waals surface area contributed by atoms with E-state index in [1.807, 2.05) is 6.92 Å². The Morgan fingerprint density at radius 1 is 1.50 bits per heavy atom. The fourth-order valence-electron chi connectivity index (χ4n) is 1.60. The van der Waals surface area contributed by atoms with Crippen LogP contribution in [-0.4, -0.2) is 27.7 Å². The Hall–Kier alpha value is -2.02. The number of halogens is 1. The summed E-state index contributed by atoms with van der Waals surface area (Å²) in [4.78, 5) is 0. The van der Waals surface area contributed by atoms with Crippen molar-refractivity contribution in [2.75, 3.05) is 7.11 Å². The lowest BCUT2D eigenvalue weighted by molar-refractivity contribution is 0.409. The van der Waals surface area contributed by atoms with Gasteiger partial charge in [0.2, 0.25) is 0 Å². The second kappa shape index (κ2) is 5.54. The Kier molecular flexibility index (Phi) is 3.83. The van der Waals surface area contributed by atoms with Crippen molar-refractivity contribution in [1.82, 2.24) is 25.9 Å². The normalized spacial score (nSPS) is 12.4. The molecule has 1 atom stereocenters. The predicted octanol–water partition coefficient (Wildman–Crippen LogP) is 1.20. The molecule has 0 aliphatic carbocycles. The van der Waals surface area contributed by atoms with Crippen LogP contribution in [0.15, 0.2) is 18.2 Å². The van der Waals surface area contributed by atoms with Gasteiger partial charge in [-0.2, -0.15) is 5.21 Å². The monoisotopic (exact) mass is 251 g/mol. The lowest BCUT2D eigenvalue weighted by Crippen LogP contribution is -2.20. The number of aromatic nitrogens is 4. The van der Waals surface area contributed by atoms with Crippen LogP contribution >= 0.6 is 0 Å². The lowest BCUT2D eigenvalue weighted by Gasteiger charge is -2.14. The minimum absolute atomic E-state index is 0.158. The van der Waals surface area contributed by atoms with Crippen molar-refractivity contribution in [3.63, 3.8) is 0 Å². The Bertz CT molecular complexity index is 502. The molecule has 2 aromatic rings. The molecule has 1 aromatic carbocycles. The van der Waals surface area contributed by atoms with E-state index in [2.05, 4.69) is 25.9 Å². The molecule has 0 fully saturated rings. The predicted molar refractivity (Wildman–Crippen MR) is 62.4 cm³/mol. The van der Waals surface area contributed by atoms with E-state index in [9.17, 15) is 4.39 Å². The summed E-state index contributed by atoms with van der Waals surface area (Å²) in [6, 6.07) is 4.63. The van der Waals surface area contributed by atoms with Gasteiger partial charge in [-0.25, -0.2) is 4.39 Å². The van der Waals surface area contributed by atoms with Gasteiger partial charge in [-0.1, -0.05) is 11.3 Å². The number of nitrogens with one attached hydrogen (secondary N) is 2. The van der Waals surface area contributed by atoms with Crippen molar-refractivity contribution in [2.45, 2.75) is 19.5 Å². The van der Waals surface area contributed by atoms with Crippen molar-refractivity contribution in [1.29, 1.82) is 0 Å². The minimum Gasteiger partial charge on any atom is -0.497 e. The summed E-state index contributed by atoms with van der Waals surface area (Å²) >= 11 is 0. The third kappa shape index (κ3) is 2.80. The van der Waals surface area contributed by atoms with Gasteiger partial charge in [0.1, 0.15) is 11.6 Å². The first-order valence-corrected chi connectivity index (χ1v) is 5.50. The minimum atomic E-state index is -0.303. The summed E-state index contributed by atoms with van der Waals surface area (Å²) in [7, 11) is 1.51. The van der Waals surface area contributed by atoms with Crippen LogP contribution in [0.4, 0.5) is 4.39 Å². The third-order valence-corrected chi connectivity index (χ3v) is 2.63. The van der Waals surface area contributed by atoms with Gasteiger partial charge in [0, 0.05) is 17.7 Å². The molecule has 0 spiro atoms. The maximum absolute atomic E-state index is 13.8. The first-order chi connectivity index (χ1) is 8.70. The molecule has 6 nitrogen and oxygen atoms in total. The number of rotatable bonds is 5. The smallest absolute Gasteiger partial charge is 0.188 e. The van der Waals surface area contributed by atoms with Crippen molar-refractivity contribution in [3.05, 3.63) is 35.4 Å². The molecule has 0 saturated carbocycles. The van der Waals surface area contributed by atoms with Crippen LogP contribution in [0.5, 0.6) is 5.75 Å². The Morgan fingerprint density at radius 2 is 2.33 bits per heavy atom. The van der Waals surface area contributed by atoms with Gasteiger partial charge < -0.3 is 10.1 Å². The molecule has 0 bridgehead atoms. The molecule has 0 amide bonds. The maximum Gasteiger partial charge on any atom is 0.188 e. The summed E-state index contributed by atoms with van der Waals surface area (Å²) in [6.07, 6.45) is 0. The van der Waals surface area contributed by atoms with Gasteiger partial charge in [-0.05, 0) is 13.0 Å². The highest BCUT2D eigenvalue weighted by molar-refractivity contribution is 5.30. The second-order valence-electron chi connectivity index (χ2n) is 3.82. The fourth-order valence-corrected chi connectivity index (χ4v) is 1.60. The summed E-state index contributed by atoms with van der Waals surface area (Å²) in [5, 5.41) is 16.5. The maximum atomic E-state index is 13.8. The number of hydrogen-bond donors (Lipinski definition) is 2. The van der Waals surface area contributed by atoms with E-state index in [1.165, 1.54) is 13.2 Å². The lowest BCUT2D eigenvalue weighted by atomic mass is 10.1. The molecule has 0 aliphatic rings. The molecule has 1 unspecified atom stereocenters. The molecule has 7 heteroatoms. The van der Waals surface area contributed by atoms with Crippen LogP contribution < -0.4 is 10.1 Å². The van der Waals surface area contributed by atoms with Crippen LogP contribution in [0, 0.1) is 5.82 Å². The topological polar surface area (TPSA) is 75.7 Å². The van der Waals surface area contributed by atoms with E-state index in [0.29, 0.717) is 23.7 Å². The third-order valence-electron chi connectivity index (χ3n) is 2.63. The Balaban J connectivity index is 2.02. The SMILES string of the molecule is COc1ccc(C(C)NCc2nn[nH]n2)c(F)c1. The fraction of sp³-hybridized carbons (Fsp3) is 0.364. The van der Waals surface area contributed by atoms with Gasteiger partial charge in [0.05, 0.1) is 13.7 Å². The summed E-state index contributed by atoms with van der Waals surface area (Å²) in [5.74, 6) is 0.736. The highest BCUT2D eigenvalue weighted by atomic mass is 19.1. The highest BCUT2D eigenvalue weighted by Gasteiger charge is 2.12. The highest BCUT2D eigenvalue weighted by Crippen LogP contribution is 2.21. The van der Waals surface area contributed by atoms with Crippen LogP contribution in [0.25, 0.3) is 0 Å². The van der Waals surface area contributed by atoms with E-state index >= 15 is 0 Å². The summed E-state index contributed by atoms with van der Waals surface area (Å²) < 4.78 is 18.7. The second-order valence-corrected chi connectivity index (χ2v) is 3.82. The molecule has 2 N–H and O–H groups in total. The molecule has 1 aromatic heterocycles.